The van der Waals surface area contributed by atoms with Crippen molar-refractivity contribution in [3.63, 3.8) is 0 Å². The Morgan fingerprint density at radius 3 is 3.20 bits per heavy atom. The lowest BCUT2D eigenvalue weighted by Gasteiger charge is -1.89. The van der Waals surface area contributed by atoms with Gasteiger partial charge < -0.3 is 0 Å². The van der Waals surface area contributed by atoms with Gasteiger partial charge in [0.2, 0.25) is 0 Å². The lowest BCUT2D eigenvalue weighted by Crippen LogP contribution is -1.84. The second-order valence-electron chi connectivity index (χ2n) is 1.91. The number of aromatic nitrogens is 3. The van der Waals surface area contributed by atoms with Gasteiger partial charge in [-0.3, -0.25) is 0 Å². The number of hydrogen-bond acceptors (Lipinski definition) is 2. The van der Waals surface area contributed by atoms with Crippen LogP contribution in [0.2, 0.25) is 5.02 Å². The zero-order chi connectivity index (χ0) is 6.97. The molecule has 0 fully saturated rings. The van der Waals surface area contributed by atoms with Crippen LogP contribution in [0.15, 0.2) is 24.7 Å². The fourth-order valence-corrected chi connectivity index (χ4v) is 0.947. The second-order valence-corrected chi connectivity index (χ2v) is 2.35. The van der Waals surface area contributed by atoms with Gasteiger partial charge in [0, 0.05) is 6.20 Å². The number of fused-ring (bicyclic) bond motifs is 1. The first-order valence-electron chi connectivity index (χ1n) is 2.81. The average Bonchev–Trinajstić information content (AvgIpc) is 2.33. The fraction of sp³-hybridized carbons (Fsp3) is 0. The molecule has 4 heteroatoms. The van der Waals surface area contributed by atoms with Crippen LogP contribution in [-0.2, 0) is 0 Å². The monoisotopic (exact) mass is 153 g/mol. The van der Waals surface area contributed by atoms with Crippen LogP contribution in [0.3, 0.4) is 0 Å². The Labute approximate surface area is 62.3 Å². The minimum absolute atomic E-state index is 0.665. The molecule has 0 aliphatic rings. The van der Waals surface area contributed by atoms with Crippen LogP contribution in [0.25, 0.3) is 5.65 Å². The Bertz CT molecular complexity index is 355. The fourth-order valence-electron chi connectivity index (χ4n) is 0.792. The van der Waals surface area contributed by atoms with Gasteiger partial charge in [0.15, 0.2) is 5.65 Å². The van der Waals surface area contributed by atoms with Crippen LogP contribution < -0.4 is 0 Å². The number of hydrogen-bond donors (Lipinski definition) is 0. The molecule has 50 valence electrons. The minimum Gasteiger partial charge on any atom is -0.220 e. The molecule has 0 atom stereocenters. The van der Waals surface area contributed by atoms with E-state index in [1.54, 1.807) is 16.8 Å². The highest BCUT2D eigenvalue weighted by molar-refractivity contribution is 6.30. The predicted octanol–water partition coefficient (Wildman–Crippen LogP) is 1.38. The summed E-state index contributed by atoms with van der Waals surface area (Å²) in [6.45, 7) is 0. The topological polar surface area (TPSA) is 30.2 Å². The Hall–Kier alpha value is -1.09. The van der Waals surface area contributed by atoms with Crippen LogP contribution in [0.5, 0.6) is 0 Å². The molecular weight excluding hydrogens is 150 g/mol. The summed E-state index contributed by atoms with van der Waals surface area (Å²) in [7, 11) is 0. The second kappa shape index (κ2) is 1.95. The summed E-state index contributed by atoms with van der Waals surface area (Å²) < 4.78 is 1.63. The number of nitrogens with zero attached hydrogens (tertiary/aromatic N) is 3. The van der Waals surface area contributed by atoms with Crippen molar-refractivity contribution in [3.8, 4) is 0 Å². The Kier molecular flexibility index (Phi) is 1.11. The molecule has 0 unspecified atom stereocenters. The standard InChI is InChI=1S/C6H4ClN3/c7-5-1-2-6-8-4-9-10(6)3-5/h1-4H. The van der Waals surface area contributed by atoms with Crippen molar-refractivity contribution in [1.82, 2.24) is 14.6 Å². The van der Waals surface area contributed by atoms with Crippen molar-refractivity contribution in [2.45, 2.75) is 0 Å². The summed E-state index contributed by atoms with van der Waals surface area (Å²) in [6, 6.07) is 3.60. The SMILES string of the molecule is Clc1ccc2ncnn2c1. The third-order valence-electron chi connectivity index (χ3n) is 1.24. The molecule has 0 aromatic carbocycles. The van der Waals surface area contributed by atoms with Gasteiger partial charge in [-0.05, 0) is 12.1 Å². The summed E-state index contributed by atoms with van der Waals surface area (Å²) in [6.07, 6.45) is 3.20. The number of rotatable bonds is 0. The van der Waals surface area contributed by atoms with Crippen molar-refractivity contribution in [1.29, 1.82) is 0 Å². The van der Waals surface area contributed by atoms with Gasteiger partial charge in [-0.25, -0.2) is 9.50 Å². The largest absolute Gasteiger partial charge is 0.220 e. The van der Waals surface area contributed by atoms with Crippen molar-refractivity contribution in [2.24, 2.45) is 0 Å². The maximum absolute atomic E-state index is 5.69. The third kappa shape index (κ3) is 0.752. The molecule has 2 aromatic rings. The van der Waals surface area contributed by atoms with E-state index >= 15 is 0 Å². The summed E-state index contributed by atoms with van der Waals surface area (Å²) in [5.74, 6) is 0. The van der Waals surface area contributed by atoms with Gasteiger partial charge in [-0.2, -0.15) is 5.10 Å². The minimum atomic E-state index is 0.665. The van der Waals surface area contributed by atoms with Gasteiger partial charge in [0.1, 0.15) is 6.33 Å². The van der Waals surface area contributed by atoms with Gasteiger partial charge in [-0.1, -0.05) is 11.6 Å². The van der Waals surface area contributed by atoms with E-state index in [0.29, 0.717) is 5.02 Å². The zero-order valence-corrected chi connectivity index (χ0v) is 5.78. The van der Waals surface area contributed by atoms with Crippen LogP contribution in [-0.4, -0.2) is 14.6 Å². The molecule has 0 radical (unpaired) electrons. The Morgan fingerprint density at radius 2 is 2.30 bits per heavy atom. The van der Waals surface area contributed by atoms with Crippen LogP contribution >= 0.6 is 11.6 Å². The van der Waals surface area contributed by atoms with Crippen molar-refractivity contribution >= 4 is 17.2 Å². The number of pyridine rings is 1. The lowest BCUT2D eigenvalue weighted by molar-refractivity contribution is 0.961. The van der Waals surface area contributed by atoms with E-state index in [0.717, 1.165) is 5.65 Å². The van der Waals surface area contributed by atoms with E-state index in [1.165, 1.54) is 6.33 Å². The van der Waals surface area contributed by atoms with Crippen molar-refractivity contribution in [3.05, 3.63) is 29.7 Å². The van der Waals surface area contributed by atoms with E-state index in [9.17, 15) is 0 Å². The number of halogens is 1. The van der Waals surface area contributed by atoms with Gasteiger partial charge in [-0.15, -0.1) is 0 Å². The molecule has 0 N–H and O–H groups in total. The van der Waals surface area contributed by atoms with Crippen molar-refractivity contribution < 1.29 is 0 Å². The zero-order valence-electron chi connectivity index (χ0n) is 5.03. The van der Waals surface area contributed by atoms with Crippen LogP contribution in [0.4, 0.5) is 0 Å². The Balaban J connectivity index is 2.86. The van der Waals surface area contributed by atoms with E-state index < -0.39 is 0 Å². The van der Waals surface area contributed by atoms with Crippen molar-refractivity contribution in [2.75, 3.05) is 0 Å². The Morgan fingerprint density at radius 1 is 1.40 bits per heavy atom. The normalized spacial score (nSPS) is 10.5. The highest BCUT2D eigenvalue weighted by atomic mass is 35.5. The molecule has 0 saturated heterocycles. The smallest absolute Gasteiger partial charge is 0.155 e. The van der Waals surface area contributed by atoms with E-state index in [1.807, 2.05) is 6.07 Å². The van der Waals surface area contributed by atoms with E-state index in [-0.39, 0.29) is 0 Å². The molecule has 10 heavy (non-hydrogen) atoms. The van der Waals surface area contributed by atoms with E-state index in [2.05, 4.69) is 10.1 Å². The molecule has 0 aliphatic carbocycles. The van der Waals surface area contributed by atoms with Gasteiger partial charge in [0.05, 0.1) is 5.02 Å². The first-order valence-corrected chi connectivity index (χ1v) is 3.19. The highest BCUT2D eigenvalue weighted by Gasteiger charge is 1.92. The van der Waals surface area contributed by atoms with E-state index in [4.69, 9.17) is 11.6 Å². The maximum Gasteiger partial charge on any atom is 0.155 e. The van der Waals surface area contributed by atoms with Gasteiger partial charge in [0.25, 0.3) is 0 Å². The summed E-state index contributed by atoms with van der Waals surface area (Å²) in [4.78, 5) is 3.95. The summed E-state index contributed by atoms with van der Waals surface area (Å²) >= 11 is 5.69. The molecule has 0 aliphatic heterocycles. The maximum atomic E-state index is 5.69. The first kappa shape index (κ1) is 5.68. The molecule has 0 spiro atoms. The summed E-state index contributed by atoms with van der Waals surface area (Å²) in [5.41, 5.74) is 0.810. The molecule has 2 rings (SSSR count). The lowest BCUT2D eigenvalue weighted by atomic mass is 10.5. The molecule has 2 aromatic heterocycles. The molecule has 0 amide bonds. The molecular formula is C6H4ClN3. The quantitative estimate of drug-likeness (QED) is 0.573. The average molecular weight is 154 g/mol. The molecule has 0 bridgehead atoms. The third-order valence-corrected chi connectivity index (χ3v) is 1.46. The van der Waals surface area contributed by atoms with Crippen LogP contribution in [0.1, 0.15) is 0 Å². The highest BCUT2D eigenvalue weighted by Crippen LogP contribution is 2.07. The molecule has 3 nitrogen and oxygen atoms in total. The summed E-state index contributed by atoms with van der Waals surface area (Å²) in [5, 5.41) is 4.57. The predicted molar refractivity (Wildman–Crippen MR) is 38.0 cm³/mol. The molecule has 0 saturated carbocycles. The molecule has 2 heterocycles. The van der Waals surface area contributed by atoms with Crippen LogP contribution in [0, 0.1) is 0 Å². The van der Waals surface area contributed by atoms with Gasteiger partial charge >= 0.3 is 0 Å². The first-order chi connectivity index (χ1) is 4.86.